The number of esters is 1. The van der Waals surface area contributed by atoms with Gasteiger partial charge in [-0.3, -0.25) is 4.79 Å². The van der Waals surface area contributed by atoms with Crippen LogP contribution >= 0.6 is 15.9 Å². The maximum absolute atomic E-state index is 11.8. The van der Waals surface area contributed by atoms with Gasteiger partial charge in [0.15, 0.2) is 12.4 Å². The van der Waals surface area contributed by atoms with E-state index in [-0.39, 0.29) is 12.4 Å². The van der Waals surface area contributed by atoms with Crippen molar-refractivity contribution in [3.05, 3.63) is 27.7 Å². The highest BCUT2D eigenvalue weighted by atomic mass is 79.9. The van der Waals surface area contributed by atoms with Gasteiger partial charge >= 0.3 is 5.97 Å². The third-order valence-corrected chi connectivity index (χ3v) is 3.61. The molecule has 0 unspecified atom stereocenters. The van der Waals surface area contributed by atoms with Crippen LogP contribution in [0.1, 0.15) is 35.7 Å². The van der Waals surface area contributed by atoms with E-state index in [1.54, 1.807) is 19.1 Å². The highest BCUT2D eigenvalue weighted by molar-refractivity contribution is 9.10. The van der Waals surface area contributed by atoms with Crippen LogP contribution in [0.2, 0.25) is 0 Å². The van der Waals surface area contributed by atoms with Gasteiger partial charge in [-0.05, 0) is 47.8 Å². The molecule has 0 heterocycles. The molecule has 0 saturated heterocycles. The van der Waals surface area contributed by atoms with Gasteiger partial charge in [0.1, 0.15) is 5.75 Å². The van der Waals surface area contributed by atoms with Gasteiger partial charge in [0.05, 0.1) is 11.1 Å². The molecule has 0 fully saturated rings. The lowest BCUT2D eigenvalue weighted by Gasteiger charge is -2.19. The fourth-order valence-electron chi connectivity index (χ4n) is 2.16. The maximum Gasteiger partial charge on any atom is 0.344 e. The highest BCUT2D eigenvalue weighted by Gasteiger charge is 2.22. The summed E-state index contributed by atoms with van der Waals surface area (Å²) in [4.78, 5) is 23.2. The standard InChI is InChI=1S/C14H15BrO4/c1-2-18-13(17)8-19-14-10-4-3-5-12(16)9(10)6-7-11(14)15/h6-7H,2-5,8H2,1H3. The van der Waals surface area contributed by atoms with E-state index in [0.717, 1.165) is 22.9 Å². The second-order valence-corrected chi connectivity index (χ2v) is 5.13. The van der Waals surface area contributed by atoms with Crippen molar-refractivity contribution in [1.82, 2.24) is 0 Å². The van der Waals surface area contributed by atoms with E-state index in [9.17, 15) is 9.59 Å². The van der Waals surface area contributed by atoms with Crippen molar-refractivity contribution in [3.63, 3.8) is 0 Å². The number of ketones is 1. The molecule has 0 atom stereocenters. The van der Waals surface area contributed by atoms with Crippen LogP contribution in [0.3, 0.4) is 0 Å². The Kier molecular flexibility index (Phi) is 4.58. The summed E-state index contributed by atoms with van der Waals surface area (Å²) in [5, 5.41) is 0. The molecule has 0 N–H and O–H groups in total. The van der Waals surface area contributed by atoms with Crippen LogP contribution in [0.4, 0.5) is 0 Å². The van der Waals surface area contributed by atoms with Crippen LogP contribution in [0, 0.1) is 0 Å². The molecule has 0 spiro atoms. The maximum atomic E-state index is 11.8. The summed E-state index contributed by atoms with van der Waals surface area (Å²) < 4.78 is 11.1. The van der Waals surface area contributed by atoms with E-state index < -0.39 is 5.97 Å². The third kappa shape index (κ3) is 3.15. The SMILES string of the molecule is CCOC(=O)COc1c(Br)ccc2c1CCCC2=O. The average molecular weight is 327 g/mol. The smallest absolute Gasteiger partial charge is 0.344 e. The number of carbonyl (C=O) groups is 2. The van der Waals surface area contributed by atoms with Crippen molar-refractivity contribution in [2.45, 2.75) is 26.2 Å². The Labute approximate surface area is 120 Å². The molecular weight excluding hydrogens is 312 g/mol. The van der Waals surface area contributed by atoms with E-state index in [0.29, 0.717) is 24.3 Å². The number of hydrogen-bond donors (Lipinski definition) is 0. The normalized spacial score (nSPS) is 13.9. The molecule has 1 aliphatic rings. The lowest BCUT2D eigenvalue weighted by atomic mass is 9.90. The fraction of sp³-hybridized carbons (Fsp3) is 0.429. The zero-order valence-electron chi connectivity index (χ0n) is 10.7. The molecule has 0 bridgehead atoms. The summed E-state index contributed by atoms with van der Waals surface area (Å²) in [5.41, 5.74) is 1.59. The summed E-state index contributed by atoms with van der Waals surface area (Å²) in [7, 11) is 0. The second-order valence-electron chi connectivity index (χ2n) is 4.27. The molecule has 5 heteroatoms. The number of benzene rings is 1. The van der Waals surface area contributed by atoms with Gasteiger partial charge in [-0.25, -0.2) is 4.79 Å². The molecule has 102 valence electrons. The average Bonchev–Trinajstić information content (AvgIpc) is 2.38. The topological polar surface area (TPSA) is 52.6 Å². The molecule has 1 aromatic rings. The first-order valence-corrected chi connectivity index (χ1v) is 7.05. The van der Waals surface area contributed by atoms with E-state index in [1.165, 1.54) is 0 Å². The third-order valence-electron chi connectivity index (χ3n) is 2.98. The highest BCUT2D eigenvalue weighted by Crippen LogP contribution is 2.35. The Morgan fingerprint density at radius 3 is 2.89 bits per heavy atom. The Balaban J connectivity index is 2.22. The molecule has 0 aliphatic heterocycles. The zero-order valence-corrected chi connectivity index (χ0v) is 12.3. The Morgan fingerprint density at radius 2 is 2.16 bits per heavy atom. The van der Waals surface area contributed by atoms with Gasteiger partial charge in [-0.2, -0.15) is 0 Å². The first-order chi connectivity index (χ1) is 9.13. The number of fused-ring (bicyclic) bond motifs is 1. The van der Waals surface area contributed by atoms with Crippen LogP contribution in [-0.4, -0.2) is 25.0 Å². The summed E-state index contributed by atoms with van der Waals surface area (Å²) in [6, 6.07) is 3.58. The minimum atomic E-state index is -0.408. The van der Waals surface area contributed by atoms with Crippen molar-refractivity contribution >= 4 is 27.7 Å². The summed E-state index contributed by atoms with van der Waals surface area (Å²) in [6.07, 6.45) is 2.18. The Bertz CT molecular complexity index is 510. The zero-order chi connectivity index (χ0) is 13.8. The van der Waals surface area contributed by atoms with Crippen LogP contribution in [0.5, 0.6) is 5.75 Å². The molecule has 2 rings (SSSR count). The van der Waals surface area contributed by atoms with Gasteiger partial charge in [-0.15, -0.1) is 0 Å². The molecule has 0 radical (unpaired) electrons. The van der Waals surface area contributed by atoms with Gasteiger partial charge in [0.2, 0.25) is 0 Å². The molecule has 1 aliphatic carbocycles. The van der Waals surface area contributed by atoms with Crippen molar-refractivity contribution < 1.29 is 19.1 Å². The molecule has 4 nitrogen and oxygen atoms in total. The number of hydrogen-bond acceptors (Lipinski definition) is 4. The number of halogens is 1. The van der Waals surface area contributed by atoms with Crippen molar-refractivity contribution in [3.8, 4) is 5.75 Å². The molecular formula is C14H15BrO4. The summed E-state index contributed by atoms with van der Waals surface area (Å²) in [5.74, 6) is 0.308. The van der Waals surface area contributed by atoms with Crippen LogP contribution in [0.15, 0.2) is 16.6 Å². The quantitative estimate of drug-likeness (QED) is 0.798. The predicted molar refractivity (Wildman–Crippen MR) is 73.5 cm³/mol. The van der Waals surface area contributed by atoms with Gasteiger partial charge in [-0.1, -0.05) is 0 Å². The van der Waals surface area contributed by atoms with Crippen molar-refractivity contribution in [2.75, 3.05) is 13.2 Å². The van der Waals surface area contributed by atoms with Crippen molar-refractivity contribution in [1.29, 1.82) is 0 Å². The summed E-state index contributed by atoms with van der Waals surface area (Å²) in [6.45, 7) is 1.93. The van der Waals surface area contributed by atoms with Gasteiger partial charge < -0.3 is 9.47 Å². The molecule has 1 aromatic carbocycles. The second kappa shape index (κ2) is 6.19. The minimum absolute atomic E-state index is 0.134. The summed E-state index contributed by atoms with van der Waals surface area (Å²) >= 11 is 3.40. The first-order valence-electron chi connectivity index (χ1n) is 6.26. The van der Waals surface area contributed by atoms with E-state index in [2.05, 4.69) is 15.9 Å². The lowest BCUT2D eigenvalue weighted by molar-refractivity contribution is -0.145. The number of carbonyl (C=O) groups excluding carboxylic acids is 2. The molecule has 0 amide bonds. The first kappa shape index (κ1) is 14.1. The van der Waals surface area contributed by atoms with Crippen molar-refractivity contribution in [2.24, 2.45) is 0 Å². The van der Waals surface area contributed by atoms with Gasteiger partial charge in [0, 0.05) is 17.5 Å². The predicted octanol–water partition coefficient (Wildman–Crippen LogP) is 2.91. The van der Waals surface area contributed by atoms with E-state index in [1.807, 2.05) is 0 Å². The fourth-order valence-corrected chi connectivity index (χ4v) is 2.64. The van der Waals surface area contributed by atoms with Crippen LogP contribution < -0.4 is 4.74 Å². The number of Topliss-reactive ketones (excluding diaryl/α,β-unsaturated/α-hetero) is 1. The van der Waals surface area contributed by atoms with E-state index in [4.69, 9.17) is 9.47 Å². The molecule has 19 heavy (non-hydrogen) atoms. The van der Waals surface area contributed by atoms with E-state index >= 15 is 0 Å². The lowest BCUT2D eigenvalue weighted by Crippen LogP contribution is -2.18. The van der Waals surface area contributed by atoms with Crippen LogP contribution in [-0.2, 0) is 16.0 Å². The number of rotatable bonds is 4. The number of ether oxygens (including phenoxy) is 2. The molecule has 0 saturated carbocycles. The minimum Gasteiger partial charge on any atom is -0.480 e. The monoisotopic (exact) mass is 326 g/mol. The van der Waals surface area contributed by atoms with Gasteiger partial charge in [0.25, 0.3) is 0 Å². The Hall–Kier alpha value is -1.36. The molecule has 0 aromatic heterocycles. The van der Waals surface area contributed by atoms with Crippen LogP contribution in [0.25, 0.3) is 0 Å². The Morgan fingerprint density at radius 1 is 1.37 bits per heavy atom. The largest absolute Gasteiger partial charge is 0.480 e.